The number of nitrogens with zero attached hydrogens (tertiary/aromatic N) is 3. The summed E-state index contributed by atoms with van der Waals surface area (Å²) in [5.74, 6) is 1.72. The van der Waals surface area contributed by atoms with Crippen molar-refractivity contribution in [2.24, 2.45) is 5.92 Å². The molecule has 2 aromatic carbocycles. The van der Waals surface area contributed by atoms with Crippen LogP contribution < -0.4 is 10.3 Å². The molecule has 0 aliphatic carbocycles. The van der Waals surface area contributed by atoms with Gasteiger partial charge in [-0.1, -0.05) is 49.0 Å². The van der Waals surface area contributed by atoms with E-state index in [1.165, 1.54) is 17.3 Å². The van der Waals surface area contributed by atoms with Crippen LogP contribution in [0.25, 0.3) is 5.69 Å². The third-order valence-corrected chi connectivity index (χ3v) is 9.01. The maximum absolute atomic E-state index is 13.5. The molecular weight excluding hydrogens is 490 g/mol. The van der Waals surface area contributed by atoms with Crippen LogP contribution in [0.1, 0.15) is 31.0 Å². The standard InChI is InChI=1S/C28H31N3O3S2/c1-19-16-24-26(36-19)27(33)31(22-8-10-23(34-2)11-9-22)28(29-24)35-18-25(32)30-14-12-21(13-15-30)17-20-6-4-3-5-7-20/h3-11,19,21H,12-18H2,1-2H3. The van der Waals surface area contributed by atoms with Crippen LogP contribution in [0, 0.1) is 5.92 Å². The monoisotopic (exact) mass is 521 g/mol. The molecule has 3 aromatic rings. The number of thioether (sulfide) groups is 2. The second-order valence-electron chi connectivity index (χ2n) is 9.44. The van der Waals surface area contributed by atoms with E-state index in [0.29, 0.717) is 16.3 Å². The molecule has 1 amide bonds. The minimum atomic E-state index is -0.0591. The Morgan fingerprint density at radius 3 is 2.53 bits per heavy atom. The normalized spacial score (nSPS) is 17.7. The molecule has 5 rings (SSSR count). The van der Waals surface area contributed by atoms with E-state index >= 15 is 0 Å². The highest BCUT2D eigenvalue weighted by atomic mass is 32.2. The molecule has 1 unspecified atom stereocenters. The van der Waals surface area contributed by atoms with Crippen LogP contribution >= 0.6 is 23.5 Å². The molecule has 1 atom stereocenters. The number of amides is 1. The molecule has 1 saturated heterocycles. The van der Waals surface area contributed by atoms with Gasteiger partial charge in [-0.25, -0.2) is 4.98 Å². The molecule has 188 valence electrons. The first-order valence-electron chi connectivity index (χ1n) is 12.4. The van der Waals surface area contributed by atoms with Crippen molar-refractivity contribution in [3.05, 3.63) is 76.2 Å². The summed E-state index contributed by atoms with van der Waals surface area (Å²) >= 11 is 2.94. The van der Waals surface area contributed by atoms with E-state index in [2.05, 4.69) is 31.2 Å². The predicted octanol–water partition coefficient (Wildman–Crippen LogP) is 4.85. The van der Waals surface area contributed by atoms with E-state index in [4.69, 9.17) is 9.72 Å². The van der Waals surface area contributed by atoms with Gasteiger partial charge in [-0.2, -0.15) is 0 Å². The number of piperidine rings is 1. The van der Waals surface area contributed by atoms with Crippen molar-refractivity contribution in [1.82, 2.24) is 14.5 Å². The number of fused-ring (bicyclic) bond motifs is 1. The second kappa shape index (κ2) is 11.1. The predicted molar refractivity (Wildman–Crippen MR) is 146 cm³/mol. The summed E-state index contributed by atoms with van der Waals surface area (Å²) in [6.45, 7) is 3.68. The lowest BCUT2D eigenvalue weighted by Gasteiger charge is -2.32. The van der Waals surface area contributed by atoms with Gasteiger partial charge in [0.05, 0.1) is 29.1 Å². The summed E-state index contributed by atoms with van der Waals surface area (Å²) < 4.78 is 6.92. The van der Waals surface area contributed by atoms with Gasteiger partial charge in [0.15, 0.2) is 5.16 Å². The largest absolute Gasteiger partial charge is 0.497 e. The Labute approximate surface area is 220 Å². The molecule has 0 radical (unpaired) electrons. The summed E-state index contributed by atoms with van der Waals surface area (Å²) in [5.41, 5.74) is 2.88. The molecule has 3 heterocycles. The number of ether oxygens (including phenoxy) is 1. The fourth-order valence-corrected chi connectivity index (χ4v) is 6.94. The summed E-state index contributed by atoms with van der Waals surface area (Å²) in [4.78, 5) is 34.1. The molecule has 1 aromatic heterocycles. The highest BCUT2D eigenvalue weighted by Gasteiger charge is 2.28. The minimum absolute atomic E-state index is 0.0591. The zero-order chi connectivity index (χ0) is 25.1. The SMILES string of the molecule is COc1ccc(-n2c(SCC(=O)N3CCC(Cc4ccccc4)CC3)nc3c(c2=O)SC(C)C3)cc1. The number of carbonyl (C=O) groups is 1. The van der Waals surface area contributed by atoms with Crippen LogP contribution in [0.3, 0.4) is 0 Å². The Morgan fingerprint density at radius 2 is 1.83 bits per heavy atom. The number of rotatable bonds is 7. The highest BCUT2D eigenvalue weighted by Crippen LogP contribution is 2.35. The van der Waals surface area contributed by atoms with E-state index in [1.807, 2.05) is 35.2 Å². The van der Waals surface area contributed by atoms with Crippen molar-refractivity contribution < 1.29 is 9.53 Å². The van der Waals surface area contributed by atoms with Gasteiger partial charge >= 0.3 is 0 Å². The zero-order valence-electron chi connectivity index (χ0n) is 20.7. The maximum Gasteiger partial charge on any atom is 0.272 e. The van der Waals surface area contributed by atoms with Gasteiger partial charge in [-0.3, -0.25) is 14.2 Å². The van der Waals surface area contributed by atoms with Crippen LogP contribution in [0.4, 0.5) is 0 Å². The third-order valence-electron chi connectivity index (χ3n) is 6.87. The Hall–Kier alpha value is -2.71. The highest BCUT2D eigenvalue weighted by molar-refractivity contribution is 8.00. The molecule has 8 heteroatoms. The van der Waals surface area contributed by atoms with Crippen molar-refractivity contribution in [3.63, 3.8) is 0 Å². The number of benzene rings is 2. The first kappa shape index (κ1) is 25.0. The molecule has 0 bridgehead atoms. The van der Waals surface area contributed by atoms with Gasteiger partial charge in [0.2, 0.25) is 5.91 Å². The van der Waals surface area contributed by atoms with Crippen LogP contribution in [0.5, 0.6) is 5.75 Å². The fourth-order valence-electron chi connectivity index (χ4n) is 4.91. The van der Waals surface area contributed by atoms with Crippen molar-refractivity contribution >= 4 is 29.4 Å². The molecule has 0 spiro atoms. The van der Waals surface area contributed by atoms with Crippen molar-refractivity contribution in [2.45, 2.75) is 47.9 Å². The molecule has 0 N–H and O–H groups in total. The quantitative estimate of drug-likeness (QED) is 0.327. The number of aromatic nitrogens is 2. The first-order valence-corrected chi connectivity index (χ1v) is 14.3. The summed E-state index contributed by atoms with van der Waals surface area (Å²) in [6, 6.07) is 18.0. The van der Waals surface area contributed by atoms with E-state index in [0.717, 1.165) is 60.8 Å². The Bertz CT molecular complexity index is 1270. The number of hydrogen-bond acceptors (Lipinski definition) is 6. The Morgan fingerprint density at radius 1 is 1.11 bits per heavy atom. The van der Waals surface area contributed by atoms with Gasteiger partial charge in [-0.15, -0.1) is 11.8 Å². The molecule has 2 aliphatic heterocycles. The van der Waals surface area contributed by atoms with Gasteiger partial charge in [0, 0.05) is 24.8 Å². The van der Waals surface area contributed by atoms with Crippen molar-refractivity contribution in [3.8, 4) is 11.4 Å². The number of carbonyl (C=O) groups excluding carboxylic acids is 1. The maximum atomic E-state index is 13.5. The van der Waals surface area contributed by atoms with Crippen LogP contribution in [0.15, 0.2) is 69.4 Å². The summed E-state index contributed by atoms with van der Waals surface area (Å²) in [6.07, 6.45) is 3.89. The van der Waals surface area contributed by atoms with Crippen LogP contribution in [0.2, 0.25) is 0 Å². The van der Waals surface area contributed by atoms with Crippen LogP contribution in [-0.4, -0.2) is 51.6 Å². The van der Waals surface area contributed by atoms with Gasteiger partial charge < -0.3 is 9.64 Å². The lowest BCUT2D eigenvalue weighted by atomic mass is 9.90. The smallest absolute Gasteiger partial charge is 0.272 e. The number of likely N-dealkylation sites (tertiary alicyclic amines) is 1. The third kappa shape index (κ3) is 5.49. The van der Waals surface area contributed by atoms with Gasteiger partial charge in [-0.05, 0) is 55.0 Å². The van der Waals surface area contributed by atoms with E-state index < -0.39 is 0 Å². The Balaban J connectivity index is 1.28. The van der Waals surface area contributed by atoms with E-state index in [-0.39, 0.29) is 17.2 Å². The summed E-state index contributed by atoms with van der Waals surface area (Å²) in [5, 5.41) is 0.898. The Kier molecular flexibility index (Phi) is 7.72. The fraction of sp³-hybridized carbons (Fsp3) is 0.393. The lowest BCUT2D eigenvalue weighted by molar-refractivity contribution is -0.129. The first-order chi connectivity index (χ1) is 17.5. The molecule has 0 saturated carbocycles. The van der Waals surface area contributed by atoms with Crippen molar-refractivity contribution in [1.29, 1.82) is 0 Å². The van der Waals surface area contributed by atoms with Crippen LogP contribution in [-0.2, 0) is 17.6 Å². The molecule has 36 heavy (non-hydrogen) atoms. The average molecular weight is 522 g/mol. The lowest BCUT2D eigenvalue weighted by Crippen LogP contribution is -2.40. The van der Waals surface area contributed by atoms with Crippen molar-refractivity contribution in [2.75, 3.05) is 26.0 Å². The average Bonchev–Trinajstić information content (AvgIpc) is 3.29. The molecular formula is C28H31N3O3S2. The number of hydrogen-bond donors (Lipinski definition) is 0. The molecule has 6 nitrogen and oxygen atoms in total. The molecule has 1 fully saturated rings. The van der Waals surface area contributed by atoms with Gasteiger partial charge in [0.25, 0.3) is 5.56 Å². The zero-order valence-corrected chi connectivity index (χ0v) is 22.3. The molecule has 2 aliphatic rings. The van der Waals surface area contributed by atoms with E-state index in [9.17, 15) is 9.59 Å². The topological polar surface area (TPSA) is 64.4 Å². The van der Waals surface area contributed by atoms with Gasteiger partial charge in [0.1, 0.15) is 5.75 Å². The summed E-state index contributed by atoms with van der Waals surface area (Å²) in [7, 11) is 1.62. The minimum Gasteiger partial charge on any atom is -0.497 e. The second-order valence-corrected chi connectivity index (χ2v) is 11.8. The number of methoxy groups -OCH3 is 1. The van der Waals surface area contributed by atoms with E-state index in [1.54, 1.807) is 23.4 Å².